The number of methoxy groups -OCH3 is 1. The van der Waals surface area contributed by atoms with Crippen LogP contribution >= 0.6 is 22.9 Å². The third-order valence-electron chi connectivity index (χ3n) is 4.03. The van der Waals surface area contributed by atoms with Crippen LogP contribution in [0.15, 0.2) is 48.8 Å². The van der Waals surface area contributed by atoms with Crippen molar-refractivity contribution in [2.75, 3.05) is 12.4 Å². The molecule has 0 radical (unpaired) electrons. The molecule has 8 nitrogen and oxygen atoms in total. The quantitative estimate of drug-likeness (QED) is 0.504. The number of carbonyl (C=O) groups excluding carboxylic acids is 1. The van der Waals surface area contributed by atoms with Gasteiger partial charge in [0, 0.05) is 18.3 Å². The number of nitrogens with zero attached hydrogens (tertiary/aromatic N) is 4. The lowest BCUT2D eigenvalue weighted by atomic mass is 10.3. The van der Waals surface area contributed by atoms with Crippen molar-refractivity contribution < 1.29 is 19.2 Å². The summed E-state index contributed by atoms with van der Waals surface area (Å²) in [5, 5.41) is 15.7. The van der Waals surface area contributed by atoms with Gasteiger partial charge in [-0.1, -0.05) is 23.7 Å². The Bertz CT molecular complexity index is 1170. The minimum absolute atomic E-state index is 0.0177. The van der Waals surface area contributed by atoms with Crippen LogP contribution < -0.4 is 19.7 Å². The number of ether oxygens (including phenoxy) is 1. The van der Waals surface area contributed by atoms with Crippen molar-refractivity contribution in [2.45, 2.75) is 6.54 Å². The van der Waals surface area contributed by atoms with Gasteiger partial charge >= 0.3 is 0 Å². The number of pyridine rings is 2. The van der Waals surface area contributed by atoms with Crippen LogP contribution in [-0.4, -0.2) is 27.4 Å². The standard InChI is InChI=1S/C18H14ClN5O3S/c1-27-13-6-4-5-12(21-13)22-16(25)15-17(26)24(10-11-9-20-18(19)28-11)14-7-2-3-8-23(14)15/h2-9H,10H2,1H3,(H-,21,22,25,26). The lowest BCUT2D eigenvalue weighted by Gasteiger charge is -2.07. The predicted molar refractivity (Wildman–Crippen MR) is 102 cm³/mol. The molecule has 0 aliphatic carbocycles. The van der Waals surface area contributed by atoms with Crippen LogP contribution in [0.1, 0.15) is 15.4 Å². The van der Waals surface area contributed by atoms with E-state index in [9.17, 15) is 9.90 Å². The molecule has 1 amide bonds. The molecule has 0 unspecified atom stereocenters. The predicted octanol–water partition coefficient (Wildman–Crippen LogP) is 2.11. The number of aromatic nitrogens is 4. The maximum Gasteiger partial charge on any atom is 0.300 e. The number of carbonyl (C=O) groups is 1. The number of halogens is 1. The Hall–Kier alpha value is -3.17. The van der Waals surface area contributed by atoms with Crippen LogP contribution in [0.25, 0.3) is 5.65 Å². The van der Waals surface area contributed by atoms with E-state index in [1.807, 2.05) is 0 Å². The zero-order valence-electron chi connectivity index (χ0n) is 14.6. The van der Waals surface area contributed by atoms with E-state index in [4.69, 9.17) is 16.3 Å². The molecule has 0 saturated heterocycles. The minimum atomic E-state index is -0.562. The van der Waals surface area contributed by atoms with Crippen LogP contribution in [0, 0.1) is 0 Å². The van der Waals surface area contributed by atoms with Gasteiger partial charge in [-0.25, -0.2) is 9.55 Å². The first-order valence-corrected chi connectivity index (χ1v) is 9.39. The van der Waals surface area contributed by atoms with Crippen molar-refractivity contribution >= 4 is 40.3 Å². The van der Waals surface area contributed by atoms with Crippen molar-refractivity contribution in [3.63, 3.8) is 0 Å². The van der Waals surface area contributed by atoms with E-state index in [1.165, 1.54) is 23.0 Å². The maximum atomic E-state index is 13.0. The molecule has 4 rings (SSSR count). The topological polar surface area (TPSA) is 95.5 Å². The number of fused-ring (bicyclic) bond motifs is 1. The summed E-state index contributed by atoms with van der Waals surface area (Å²) in [6.45, 7) is 0.265. The van der Waals surface area contributed by atoms with Crippen molar-refractivity contribution in [1.29, 1.82) is 0 Å². The molecule has 1 N–H and O–H groups in total. The summed E-state index contributed by atoms with van der Waals surface area (Å²) >= 11 is 7.17. The first kappa shape index (κ1) is 18.2. The second kappa shape index (κ2) is 7.45. The normalized spacial score (nSPS) is 10.9. The number of anilines is 1. The minimum Gasteiger partial charge on any atom is -0.839 e. The number of hydrogen-bond acceptors (Lipinski definition) is 6. The van der Waals surface area contributed by atoms with Gasteiger partial charge in [-0.15, -0.1) is 11.3 Å². The summed E-state index contributed by atoms with van der Waals surface area (Å²) in [7, 11) is 1.48. The first-order chi connectivity index (χ1) is 13.6. The van der Waals surface area contributed by atoms with Crippen molar-refractivity contribution in [3.05, 3.63) is 63.8 Å². The zero-order chi connectivity index (χ0) is 19.7. The second-order valence-electron chi connectivity index (χ2n) is 5.77. The number of imidazole rings is 1. The Balaban J connectivity index is 1.74. The summed E-state index contributed by atoms with van der Waals surface area (Å²) in [6, 6.07) is 10.3. The highest BCUT2D eigenvalue weighted by molar-refractivity contribution is 7.15. The number of thiazole rings is 1. The van der Waals surface area contributed by atoms with Crippen molar-refractivity contribution in [3.8, 4) is 11.8 Å². The molecule has 4 aromatic rings. The fourth-order valence-electron chi connectivity index (χ4n) is 2.82. The first-order valence-electron chi connectivity index (χ1n) is 8.19. The van der Waals surface area contributed by atoms with E-state index in [1.54, 1.807) is 53.2 Å². The molecule has 0 spiro atoms. The van der Waals surface area contributed by atoms with Crippen LogP contribution in [0.2, 0.25) is 4.47 Å². The third-order valence-corrected chi connectivity index (χ3v) is 5.13. The zero-order valence-corrected chi connectivity index (χ0v) is 16.2. The summed E-state index contributed by atoms with van der Waals surface area (Å²) in [4.78, 5) is 21.8. The molecule has 0 aromatic carbocycles. The number of hydrogen-bond donors (Lipinski definition) is 1. The van der Waals surface area contributed by atoms with E-state index >= 15 is 0 Å². The van der Waals surface area contributed by atoms with Gasteiger partial charge in [0.25, 0.3) is 11.6 Å². The van der Waals surface area contributed by atoms with Gasteiger partial charge < -0.3 is 15.2 Å². The molecule has 28 heavy (non-hydrogen) atoms. The van der Waals surface area contributed by atoms with Gasteiger partial charge in [0.1, 0.15) is 18.2 Å². The highest BCUT2D eigenvalue weighted by Crippen LogP contribution is 2.21. The Morgan fingerprint density at radius 1 is 1.36 bits per heavy atom. The molecular formula is C18H14ClN5O3S. The third kappa shape index (κ3) is 3.37. The summed E-state index contributed by atoms with van der Waals surface area (Å²) in [5.41, 5.74) is 0.566. The highest BCUT2D eigenvalue weighted by atomic mass is 35.5. The molecule has 4 aromatic heterocycles. The van der Waals surface area contributed by atoms with Gasteiger partial charge in [-0.3, -0.25) is 4.79 Å². The number of amides is 1. The largest absolute Gasteiger partial charge is 0.839 e. The Morgan fingerprint density at radius 3 is 2.96 bits per heavy atom. The van der Waals surface area contributed by atoms with Gasteiger partial charge in [0.2, 0.25) is 11.6 Å². The second-order valence-corrected chi connectivity index (χ2v) is 7.46. The molecule has 0 saturated carbocycles. The molecule has 0 bridgehead atoms. The molecule has 4 heterocycles. The van der Waals surface area contributed by atoms with E-state index in [0.29, 0.717) is 16.0 Å². The van der Waals surface area contributed by atoms with Gasteiger partial charge in [-0.2, -0.15) is 9.38 Å². The fourth-order valence-corrected chi connectivity index (χ4v) is 3.79. The molecule has 142 valence electrons. The fraction of sp³-hybridized carbons (Fsp3) is 0.111. The maximum absolute atomic E-state index is 13.0. The molecule has 0 aliphatic rings. The molecule has 10 heteroatoms. The summed E-state index contributed by atoms with van der Waals surface area (Å²) in [6.07, 6.45) is 3.28. The molecule has 0 fully saturated rings. The van der Waals surface area contributed by atoms with Crippen LogP contribution in [0.4, 0.5) is 5.82 Å². The summed E-state index contributed by atoms with van der Waals surface area (Å²) in [5.74, 6) is -0.336. The van der Waals surface area contributed by atoms with Crippen LogP contribution in [-0.2, 0) is 6.54 Å². The molecular weight excluding hydrogens is 402 g/mol. The van der Waals surface area contributed by atoms with Gasteiger partial charge in [0.05, 0.1) is 18.2 Å². The Morgan fingerprint density at radius 2 is 2.21 bits per heavy atom. The average Bonchev–Trinajstić information content (AvgIpc) is 3.23. The van der Waals surface area contributed by atoms with Crippen molar-refractivity contribution in [1.82, 2.24) is 14.4 Å². The summed E-state index contributed by atoms with van der Waals surface area (Å²) < 4.78 is 8.52. The van der Waals surface area contributed by atoms with Crippen LogP contribution in [0.3, 0.4) is 0 Å². The van der Waals surface area contributed by atoms with E-state index in [2.05, 4.69) is 15.3 Å². The lowest BCUT2D eigenvalue weighted by molar-refractivity contribution is -0.704. The Kier molecular flexibility index (Phi) is 4.84. The number of rotatable bonds is 5. The monoisotopic (exact) mass is 415 g/mol. The van der Waals surface area contributed by atoms with Gasteiger partial charge in [0.15, 0.2) is 4.47 Å². The molecule has 0 atom stereocenters. The SMILES string of the molecule is COc1cccc(NC(=O)c2c([O-])[n+](Cc3cnc(Cl)s3)c3ccccn23)n1. The van der Waals surface area contributed by atoms with Gasteiger partial charge in [-0.05, 0) is 12.1 Å². The van der Waals surface area contributed by atoms with E-state index in [-0.39, 0.29) is 18.1 Å². The Labute approximate surface area is 168 Å². The van der Waals surface area contributed by atoms with Crippen molar-refractivity contribution in [2.24, 2.45) is 0 Å². The van der Waals surface area contributed by atoms with E-state index < -0.39 is 11.8 Å². The highest BCUT2D eigenvalue weighted by Gasteiger charge is 2.26. The molecule has 0 aliphatic heterocycles. The lowest BCUT2D eigenvalue weighted by Crippen LogP contribution is -2.36. The number of nitrogens with one attached hydrogen (secondary N) is 1. The van der Waals surface area contributed by atoms with Crippen LogP contribution in [0.5, 0.6) is 11.8 Å². The smallest absolute Gasteiger partial charge is 0.300 e. The average molecular weight is 416 g/mol. The van der Waals surface area contributed by atoms with E-state index in [0.717, 1.165) is 4.88 Å².